The van der Waals surface area contributed by atoms with E-state index in [0.717, 1.165) is 44.2 Å². The third kappa shape index (κ3) is 4.02. The molecular weight excluding hydrogens is 248 g/mol. The molecular formula is C17H22N2O. The molecule has 0 aliphatic heterocycles. The number of hydrogen-bond donors (Lipinski definition) is 1. The standard InChI is InChI=1S/C17H22N2O/c1-3-16-11-15(6-7-17(16)19-9-1)12-18-8-2-10-20-13-14-4-5-14/h1,3,6-7,9,11,14,18H,2,4-5,8,10,12-13H2. The Balaban J connectivity index is 1.36. The van der Waals surface area contributed by atoms with E-state index in [1.807, 2.05) is 12.3 Å². The maximum atomic E-state index is 5.62. The minimum Gasteiger partial charge on any atom is -0.381 e. The fourth-order valence-corrected chi connectivity index (χ4v) is 2.30. The molecule has 2 aromatic rings. The molecule has 1 aliphatic carbocycles. The molecule has 3 heteroatoms. The van der Waals surface area contributed by atoms with Gasteiger partial charge in [-0.3, -0.25) is 4.98 Å². The molecule has 3 nitrogen and oxygen atoms in total. The summed E-state index contributed by atoms with van der Waals surface area (Å²) in [6.45, 7) is 3.77. The number of nitrogens with one attached hydrogen (secondary N) is 1. The second-order valence-corrected chi connectivity index (χ2v) is 5.58. The van der Waals surface area contributed by atoms with Crippen molar-refractivity contribution in [3.05, 3.63) is 42.1 Å². The number of hydrogen-bond acceptors (Lipinski definition) is 3. The van der Waals surface area contributed by atoms with E-state index >= 15 is 0 Å². The van der Waals surface area contributed by atoms with Crippen LogP contribution in [0.2, 0.25) is 0 Å². The summed E-state index contributed by atoms with van der Waals surface area (Å²) in [5.41, 5.74) is 2.37. The molecule has 1 aliphatic rings. The zero-order valence-corrected chi connectivity index (χ0v) is 11.8. The maximum absolute atomic E-state index is 5.62. The van der Waals surface area contributed by atoms with Crippen LogP contribution in [0.3, 0.4) is 0 Å². The highest BCUT2D eigenvalue weighted by molar-refractivity contribution is 5.78. The van der Waals surface area contributed by atoms with Crippen molar-refractivity contribution in [3.8, 4) is 0 Å². The molecule has 1 heterocycles. The fraction of sp³-hybridized carbons (Fsp3) is 0.471. The highest BCUT2D eigenvalue weighted by atomic mass is 16.5. The van der Waals surface area contributed by atoms with Crippen molar-refractivity contribution < 1.29 is 4.74 Å². The summed E-state index contributed by atoms with van der Waals surface area (Å²) in [4.78, 5) is 4.33. The first-order valence-corrected chi connectivity index (χ1v) is 7.54. The number of rotatable bonds is 8. The number of fused-ring (bicyclic) bond motifs is 1. The quantitative estimate of drug-likeness (QED) is 0.748. The van der Waals surface area contributed by atoms with Gasteiger partial charge in [-0.25, -0.2) is 0 Å². The lowest BCUT2D eigenvalue weighted by Crippen LogP contribution is -2.16. The lowest BCUT2D eigenvalue weighted by Gasteiger charge is -2.06. The molecule has 0 amide bonds. The third-order valence-electron chi connectivity index (χ3n) is 3.69. The molecule has 1 N–H and O–H groups in total. The molecule has 0 saturated heterocycles. The van der Waals surface area contributed by atoms with Crippen LogP contribution in [-0.4, -0.2) is 24.7 Å². The van der Waals surface area contributed by atoms with Gasteiger partial charge in [0.05, 0.1) is 5.52 Å². The van der Waals surface area contributed by atoms with E-state index in [2.05, 4.69) is 34.6 Å². The van der Waals surface area contributed by atoms with Gasteiger partial charge in [0.25, 0.3) is 0 Å². The average molecular weight is 270 g/mol. The first-order valence-electron chi connectivity index (χ1n) is 7.54. The second kappa shape index (κ2) is 6.82. The lowest BCUT2D eigenvalue weighted by atomic mass is 10.1. The maximum Gasteiger partial charge on any atom is 0.0702 e. The van der Waals surface area contributed by atoms with Crippen LogP contribution in [0.5, 0.6) is 0 Å². The first kappa shape index (κ1) is 13.5. The minimum atomic E-state index is 0.870. The second-order valence-electron chi connectivity index (χ2n) is 5.58. The fourth-order valence-electron chi connectivity index (χ4n) is 2.30. The lowest BCUT2D eigenvalue weighted by molar-refractivity contribution is 0.122. The van der Waals surface area contributed by atoms with E-state index in [-0.39, 0.29) is 0 Å². The van der Waals surface area contributed by atoms with Crippen LogP contribution in [0, 0.1) is 5.92 Å². The van der Waals surface area contributed by atoms with E-state index < -0.39 is 0 Å². The van der Waals surface area contributed by atoms with E-state index in [1.165, 1.54) is 23.8 Å². The van der Waals surface area contributed by atoms with Crippen LogP contribution >= 0.6 is 0 Å². The van der Waals surface area contributed by atoms with Crippen molar-refractivity contribution in [2.24, 2.45) is 5.92 Å². The van der Waals surface area contributed by atoms with Crippen molar-refractivity contribution >= 4 is 10.9 Å². The first-order chi connectivity index (χ1) is 9.92. The number of ether oxygens (including phenoxy) is 1. The largest absolute Gasteiger partial charge is 0.381 e. The number of pyridine rings is 1. The molecule has 0 spiro atoms. The van der Waals surface area contributed by atoms with Gasteiger partial charge in [0, 0.05) is 31.3 Å². The minimum absolute atomic E-state index is 0.870. The van der Waals surface area contributed by atoms with Crippen LogP contribution in [-0.2, 0) is 11.3 Å². The van der Waals surface area contributed by atoms with Crippen LogP contribution in [0.15, 0.2) is 36.5 Å². The topological polar surface area (TPSA) is 34.2 Å². The van der Waals surface area contributed by atoms with E-state index in [9.17, 15) is 0 Å². The van der Waals surface area contributed by atoms with Crippen LogP contribution < -0.4 is 5.32 Å². The van der Waals surface area contributed by atoms with Gasteiger partial charge < -0.3 is 10.1 Å². The zero-order valence-electron chi connectivity index (χ0n) is 11.8. The predicted octanol–water partition coefficient (Wildman–Crippen LogP) is 3.14. The van der Waals surface area contributed by atoms with Gasteiger partial charge in [-0.05, 0) is 55.5 Å². The van der Waals surface area contributed by atoms with Gasteiger partial charge in [-0.1, -0.05) is 12.1 Å². The Bertz CT molecular complexity index is 551. The molecule has 1 fully saturated rings. The number of aromatic nitrogens is 1. The normalized spacial score (nSPS) is 14.8. The summed E-state index contributed by atoms with van der Waals surface area (Å²) in [7, 11) is 0. The molecule has 1 saturated carbocycles. The highest BCUT2D eigenvalue weighted by Crippen LogP contribution is 2.28. The molecule has 1 aromatic carbocycles. The predicted molar refractivity (Wildman–Crippen MR) is 81.6 cm³/mol. The molecule has 20 heavy (non-hydrogen) atoms. The smallest absolute Gasteiger partial charge is 0.0702 e. The number of benzene rings is 1. The van der Waals surface area contributed by atoms with Crippen LogP contribution in [0.25, 0.3) is 10.9 Å². The monoisotopic (exact) mass is 270 g/mol. The van der Waals surface area contributed by atoms with Crippen molar-refractivity contribution in [1.82, 2.24) is 10.3 Å². The van der Waals surface area contributed by atoms with E-state index in [1.54, 1.807) is 0 Å². The van der Waals surface area contributed by atoms with Crippen molar-refractivity contribution in [2.45, 2.75) is 25.8 Å². The summed E-state index contributed by atoms with van der Waals surface area (Å²) < 4.78 is 5.62. The Labute approximate surface area is 120 Å². The van der Waals surface area contributed by atoms with Gasteiger partial charge in [0.15, 0.2) is 0 Å². The third-order valence-corrected chi connectivity index (χ3v) is 3.69. The van der Waals surface area contributed by atoms with E-state index in [0.29, 0.717) is 0 Å². The average Bonchev–Trinajstić information content (AvgIpc) is 3.30. The highest BCUT2D eigenvalue weighted by Gasteiger charge is 2.20. The molecule has 1 aromatic heterocycles. The molecule has 0 atom stereocenters. The Hall–Kier alpha value is -1.45. The van der Waals surface area contributed by atoms with Crippen molar-refractivity contribution in [1.29, 1.82) is 0 Å². The van der Waals surface area contributed by atoms with Crippen LogP contribution in [0.4, 0.5) is 0 Å². The van der Waals surface area contributed by atoms with Crippen molar-refractivity contribution in [2.75, 3.05) is 19.8 Å². The zero-order chi connectivity index (χ0) is 13.6. The molecule has 106 valence electrons. The Kier molecular flexibility index (Phi) is 4.61. The summed E-state index contributed by atoms with van der Waals surface area (Å²) in [5, 5.41) is 4.68. The van der Waals surface area contributed by atoms with Gasteiger partial charge in [-0.2, -0.15) is 0 Å². The molecule has 0 bridgehead atoms. The van der Waals surface area contributed by atoms with Gasteiger partial charge in [0.1, 0.15) is 0 Å². The molecule has 0 radical (unpaired) electrons. The summed E-state index contributed by atoms with van der Waals surface area (Å²) in [5.74, 6) is 0.870. The Morgan fingerprint density at radius 1 is 1.25 bits per heavy atom. The summed E-state index contributed by atoms with van der Waals surface area (Å²) >= 11 is 0. The van der Waals surface area contributed by atoms with Gasteiger partial charge >= 0.3 is 0 Å². The Morgan fingerprint density at radius 3 is 3.10 bits per heavy atom. The van der Waals surface area contributed by atoms with Crippen LogP contribution in [0.1, 0.15) is 24.8 Å². The van der Waals surface area contributed by atoms with E-state index in [4.69, 9.17) is 4.74 Å². The Morgan fingerprint density at radius 2 is 2.20 bits per heavy atom. The molecule has 3 rings (SSSR count). The van der Waals surface area contributed by atoms with Crippen molar-refractivity contribution in [3.63, 3.8) is 0 Å². The van der Waals surface area contributed by atoms with Gasteiger partial charge in [-0.15, -0.1) is 0 Å². The summed E-state index contributed by atoms with van der Waals surface area (Å²) in [6.07, 6.45) is 5.66. The SMILES string of the molecule is c1cnc2ccc(CNCCCOCC3CC3)cc2c1. The van der Waals surface area contributed by atoms with Gasteiger partial charge in [0.2, 0.25) is 0 Å². The molecule has 0 unspecified atom stereocenters. The number of nitrogens with zero attached hydrogens (tertiary/aromatic N) is 1. The summed E-state index contributed by atoms with van der Waals surface area (Å²) in [6, 6.07) is 10.5.